The van der Waals surface area contributed by atoms with Crippen molar-refractivity contribution in [3.05, 3.63) is 57.2 Å². The smallest absolute Gasteiger partial charge is 0.225 e. The van der Waals surface area contributed by atoms with Gasteiger partial charge in [-0.2, -0.15) is 0 Å². The zero-order chi connectivity index (χ0) is 20.5. The van der Waals surface area contributed by atoms with E-state index in [4.69, 9.17) is 25.8 Å². The number of hydrogen-bond donors (Lipinski definition) is 1. The van der Waals surface area contributed by atoms with E-state index >= 15 is 0 Å². The Bertz CT molecular complexity index is 1060. The van der Waals surface area contributed by atoms with Crippen LogP contribution in [0.15, 0.2) is 41.8 Å². The van der Waals surface area contributed by atoms with Crippen LogP contribution in [0, 0.1) is 0 Å². The summed E-state index contributed by atoms with van der Waals surface area (Å²) in [4.78, 5) is 13.7. The van der Waals surface area contributed by atoms with Crippen LogP contribution in [0.25, 0.3) is 11.1 Å². The minimum Gasteiger partial charge on any atom is -0.496 e. The Morgan fingerprint density at radius 1 is 1.00 bits per heavy atom. The number of methoxy groups -OCH3 is 3. The zero-order valence-corrected chi connectivity index (χ0v) is 17.8. The molecule has 2 heterocycles. The van der Waals surface area contributed by atoms with Crippen molar-refractivity contribution in [3.8, 4) is 28.4 Å². The third-order valence-electron chi connectivity index (χ3n) is 5.06. The standard InChI is InChI=1S/C22H20ClNO4S/c1-26-17-10-19(28-3)18(27-2)8-14(17)15-9-20(25)24-21-16(11-29-22(15)21)12-4-6-13(23)7-5-12/h4-8,10-11,15H,9H2,1-3H3,(H,24,25)/t15-/m1/s1. The Morgan fingerprint density at radius 3 is 2.31 bits per heavy atom. The van der Waals surface area contributed by atoms with Gasteiger partial charge < -0.3 is 19.5 Å². The van der Waals surface area contributed by atoms with Gasteiger partial charge in [-0.05, 0) is 23.8 Å². The van der Waals surface area contributed by atoms with E-state index in [1.807, 2.05) is 30.3 Å². The van der Waals surface area contributed by atoms with E-state index in [0.717, 1.165) is 27.3 Å². The molecule has 150 valence electrons. The summed E-state index contributed by atoms with van der Waals surface area (Å²) in [6.07, 6.45) is 0.333. The van der Waals surface area contributed by atoms with Gasteiger partial charge in [0.25, 0.3) is 0 Å². The van der Waals surface area contributed by atoms with E-state index in [9.17, 15) is 4.79 Å². The number of hydrogen-bond acceptors (Lipinski definition) is 5. The van der Waals surface area contributed by atoms with Gasteiger partial charge in [0.05, 0.1) is 27.0 Å². The average molecular weight is 430 g/mol. The molecule has 1 amide bonds. The minimum absolute atomic E-state index is 0.0343. The molecule has 4 rings (SSSR count). The minimum atomic E-state index is -0.139. The number of nitrogens with one attached hydrogen (secondary N) is 1. The van der Waals surface area contributed by atoms with Crippen LogP contribution < -0.4 is 19.5 Å². The predicted octanol–water partition coefficient (Wildman–Crippen LogP) is 5.57. The van der Waals surface area contributed by atoms with Crippen molar-refractivity contribution < 1.29 is 19.0 Å². The lowest BCUT2D eigenvalue weighted by Crippen LogP contribution is -2.22. The van der Waals surface area contributed by atoms with Crippen LogP contribution in [0.4, 0.5) is 5.69 Å². The lowest BCUT2D eigenvalue weighted by molar-refractivity contribution is -0.116. The number of fused-ring (bicyclic) bond motifs is 1. The number of benzene rings is 2. The van der Waals surface area contributed by atoms with Crippen molar-refractivity contribution in [2.24, 2.45) is 0 Å². The number of ether oxygens (including phenoxy) is 3. The molecule has 0 spiro atoms. The number of halogens is 1. The van der Waals surface area contributed by atoms with E-state index < -0.39 is 0 Å². The first-order chi connectivity index (χ1) is 14.0. The predicted molar refractivity (Wildman–Crippen MR) is 116 cm³/mol. The fourth-order valence-electron chi connectivity index (χ4n) is 3.64. The fraction of sp³-hybridized carbons (Fsp3) is 0.227. The van der Waals surface area contributed by atoms with Crippen LogP contribution in [0.2, 0.25) is 5.02 Å². The monoisotopic (exact) mass is 429 g/mol. The first-order valence-electron chi connectivity index (χ1n) is 9.02. The highest BCUT2D eigenvalue weighted by atomic mass is 35.5. The van der Waals surface area contributed by atoms with E-state index in [0.29, 0.717) is 28.7 Å². The van der Waals surface area contributed by atoms with Crippen molar-refractivity contribution in [3.63, 3.8) is 0 Å². The molecule has 1 aliphatic heterocycles. The molecule has 29 heavy (non-hydrogen) atoms. The molecule has 1 aromatic heterocycles. The van der Waals surface area contributed by atoms with Gasteiger partial charge in [-0.1, -0.05) is 23.7 Å². The summed E-state index contributed by atoms with van der Waals surface area (Å²) in [6.45, 7) is 0. The molecule has 1 atom stereocenters. The van der Waals surface area contributed by atoms with E-state index in [2.05, 4.69) is 10.7 Å². The van der Waals surface area contributed by atoms with E-state index in [1.165, 1.54) is 0 Å². The Labute approximate surface area is 178 Å². The van der Waals surface area contributed by atoms with Crippen molar-refractivity contribution in [2.45, 2.75) is 12.3 Å². The Balaban J connectivity index is 1.84. The maximum atomic E-state index is 12.6. The highest BCUT2D eigenvalue weighted by molar-refractivity contribution is 7.11. The third kappa shape index (κ3) is 3.54. The van der Waals surface area contributed by atoms with Crippen LogP contribution in [-0.4, -0.2) is 27.2 Å². The first-order valence-corrected chi connectivity index (χ1v) is 10.3. The van der Waals surface area contributed by atoms with Crippen molar-refractivity contribution >= 4 is 34.5 Å². The molecule has 0 unspecified atom stereocenters. The van der Waals surface area contributed by atoms with Crippen LogP contribution in [0.3, 0.4) is 0 Å². The molecule has 2 aromatic carbocycles. The lowest BCUT2D eigenvalue weighted by Gasteiger charge is -2.26. The van der Waals surface area contributed by atoms with E-state index in [1.54, 1.807) is 38.7 Å². The molecule has 1 aliphatic rings. The molecule has 0 saturated carbocycles. The van der Waals surface area contributed by atoms with Gasteiger partial charge in [0.2, 0.25) is 5.91 Å². The second kappa shape index (κ2) is 7.97. The number of carbonyl (C=O) groups excluding carboxylic acids is 1. The number of carbonyl (C=O) groups is 1. The molecule has 0 fully saturated rings. The summed E-state index contributed by atoms with van der Waals surface area (Å²) in [7, 11) is 4.79. The van der Waals surface area contributed by atoms with Crippen LogP contribution in [-0.2, 0) is 4.79 Å². The number of anilines is 1. The van der Waals surface area contributed by atoms with Crippen LogP contribution in [0.1, 0.15) is 22.8 Å². The molecule has 0 saturated heterocycles. The van der Waals surface area contributed by atoms with Gasteiger partial charge in [0.15, 0.2) is 11.5 Å². The second-order valence-electron chi connectivity index (χ2n) is 6.65. The lowest BCUT2D eigenvalue weighted by atomic mass is 9.88. The van der Waals surface area contributed by atoms with E-state index in [-0.39, 0.29) is 11.8 Å². The summed E-state index contributed by atoms with van der Waals surface area (Å²) in [6, 6.07) is 11.3. The summed E-state index contributed by atoms with van der Waals surface area (Å²) in [5, 5.41) is 5.80. The van der Waals surface area contributed by atoms with Crippen molar-refractivity contribution in [1.82, 2.24) is 0 Å². The Hall–Kier alpha value is -2.70. The third-order valence-corrected chi connectivity index (χ3v) is 6.40. The molecule has 0 aliphatic carbocycles. The van der Waals surface area contributed by atoms with Crippen LogP contribution in [0.5, 0.6) is 17.2 Å². The topological polar surface area (TPSA) is 56.8 Å². The summed E-state index contributed by atoms with van der Waals surface area (Å²) >= 11 is 7.65. The zero-order valence-electron chi connectivity index (χ0n) is 16.2. The normalized spacial score (nSPS) is 15.4. The second-order valence-corrected chi connectivity index (χ2v) is 8.00. The van der Waals surface area contributed by atoms with Gasteiger partial charge >= 0.3 is 0 Å². The van der Waals surface area contributed by atoms with Gasteiger partial charge in [-0.15, -0.1) is 11.3 Å². The molecule has 5 nitrogen and oxygen atoms in total. The summed E-state index contributed by atoms with van der Waals surface area (Å²) in [5.74, 6) is 1.68. The van der Waals surface area contributed by atoms with Gasteiger partial charge in [0, 0.05) is 44.8 Å². The number of amides is 1. The first kappa shape index (κ1) is 19.6. The summed E-state index contributed by atoms with van der Waals surface area (Å²) < 4.78 is 16.5. The molecule has 0 radical (unpaired) electrons. The van der Waals surface area contributed by atoms with Crippen molar-refractivity contribution in [1.29, 1.82) is 0 Å². The SMILES string of the molecule is COc1cc(OC)c([C@H]2CC(=O)Nc3c(-c4ccc(Cl)cc4)csc32)cc1OC. The summed E-state index contributed by atoms with van der Waals surface area (Å²) in [5.41, 5.74) is 3.73. The van der Waals surface area contributed by atoms with Crippen LogP contribution >= 0.6 is 22.9 Å². The highest BCUT2D eigenvalue weighted by Gasteiger charge is 2.33. The highest BCUT2D eigenvalue weighted by Crippen LogP contribution is 2.50. The molecule has 7 heteroatoms. The maximum Gasteiger partial charge on any atom is 0.225 e. The number of thiophene rings is 1. The molecule has 3 aromatic rings. The quantitative estimate of drug-likeness (QED) is 0.576. The van der Waals surface area contributed by atoms with Gasteiger partial charge in [-0.3, -0.25) is 4.79 Å². The van der Waals surface area contributed by atoms with Crippen molar-refractivity contribution in [2.75, 3.05) is 26.6 Å². The Morgan fingerprint density at radius 2 is 1.66 bits per heavy atom. The number of rotatable bonds is 5. The molecular weight excluding hydrogens is 410 g/mol. The fourth-order valence-corrected chi connectivity index (χ4v) is 4.92. The maximum absolute atomic E-state index is 12.6. The van der Waals surface area contributed by atoms with Gasteiger partial charge in [0.1, 0.15) is 5.75 Å². The molecular formula is C22H20ClNO4S. The largest absolute Gasteiger partial charge is 0.496 e. The average Bonchev–Trinajstić information content (AvgIpc) is 3.16. The Kier molecular flexibility index (Phi) is 5.39. The van der Waals surface area contributed by atoms with Gasteiger partial charge in [-0.25, -0.2) is 0 Å². The molecule has 1 N–H and O–H groups in total. The molecule has 0 bridgehead atoms.